The largest absolute Gasteiger partial charge is 0.422 e. The van der Waals surface area contributed by atoms with Crippen LogP contribution >= 0.6 is 0 Å². The summed E-state index contributed by atoms with van der Waals surface area (Å²) in [6, 6.07) is 8.38. The lowest BCUT2D eigenvalue weighted by Gasteiger charge is -2.38. The van der Waals surface area contributed by atoms with Crippen molar-refractivity contribution in [2.75, 3.05) is 6.26 Å². The third-order valence-corrected chi connectivity index (χ3v) is 7.00. The van der Waals surface area contributed by atoms with Crippen molar-refractivity contribution in [3.8, 4) is 0 Å². The third kappa shape index (κ3) is 2.76. The highest BCUT2D eigenvalue weighted by atomic mass is 32.2. The first-order valence-electron chi connectivity index (χ1n) is 8.39. The molecule has 2 aromatic rings. The number of hydrogen-bond donors (Lipinski definition) is 0. The molecule has 2 atom stereocenters. The number of para-hydroxylation sites is 1. The Morgan fingerprint density at radius 2 is 1.80 bits per heavy atom. The second-order valence-corrected chi connectivity index (χ2v) is 9.33. The molecular formula is C18H19NO5S. The monoisotopic (exact) mass is 361 g/mol. The van der Waals surface area contributed by atoms with Gasteiger partial charge in [0.15, 0.2) is 0 Å². The molecule has 25 heavy (non-hydrogen) atoms. The summed E-state index contributed by atoms with van der Waals surface area (Å²) in [7, 11) is -3.12. The van der Waals surface area contributed by atoms with Crippen molar-refractivity contribution in [1.82, 2.24) is 4.90 Å². The van der Waals surface area contributed by atoms with Gasteiger partial charge < -0.3 is 9.32 Å². The molecule has 2 fully saturated rings. The minimum atomic E-state index is -3.12. The molecule has 1 aromatic heterocycles. The van der Waals surface area contributed by atoms with E-state index in [1.807, 2.05) is 6.07 Å². The number of amides is 1. The number of carbonyl (C=O) groups excluding carboxylic acids is 1. The van der Waals surface area contributed by atoms with Gasteiger partial charge in [0.1, 0.15) is 21.0 Å². The molecule has 132 valence electrons. The molecular weight excluding hydrogens is 342 g/mol. The fraction of sp³-hybridized carbons (Fsp3) is 0.444. The quantitative estimate of drug-likeness (QED) is 0.764. The van der Waals surface area contributed by atoms with Crippen molar-refractivity contribution in [1.29, 1.82) is 0 Å². The average molecular weight is 361 g/mol. The number of nitrogens with zero attached hydrogens (tertiary/aromatic N) is 1. The van der Waals surface area contributed by atoms with Crippen molar-refractivity contribution in [2.24, 2.45) is 0 Å². The maximum absolute atomic E-state index is 13.0. The second kappa shape index (κ2) is 5.69. The lowest BCUT2D eigenvalue weighted by molar-refractivity contribution is 0.0594. The number of sulfone groups is 1. The van der Waals surface area contributed by atoms with Crippen molar-refractivity contribution < 1.29 is 17.6 Å². The van der Waals surface area contributed by atoms with Gasteiger partial charge in [-0.1, -0.05) is 18.2 Å². The Morgan fingerprint density at radius 1 is 1.16 bits per heavy atom. The maximum atomic E-state index is 13.0. The van der Waals surface area contributed by atoms with Crippen LogP contribution in [-0.4, -0.2) is 42.8 Å². The standard InChI is InChI=1S/C18H19NO5S/c1-25(22,23)14-9-12-6-7-13(10-14)19(12)17(20)15-8-11-4-2-3-5-16(11)24-18(15)21/h2-5,8,12-14H,6-7,9-10H2,1H3. The van der Waals surface area contributed by atoms with Crippen LogP contribution in [-0.2, 0) is 9.84 Å². The normalized spacial score (nSPS) is 26.1. The Hall–Kier alpha value is -2.15. The highest BCUT2D eigenvalue weighted by Gasteiger charge is 2.46. The summed E-state index contributed by atoms with van der Waals surface area (Å²) >= 11 is 0. The van der Waals surface area contributed by atoms with E-state index in [-0.39, 0.29) is 23.6 Å². The minimum Gasteiger partial charge on any atom is -0.422 e. The predicted molar refractivity (Wildman–Crippen MR) is 93.3 cm³/mol. The summed E-state index contributed by atoms with van der Waals surface area (Å²) in [6.45, 7) is 0. The van der Waals surface area contributed by atoms with Crippen LogP contribution in [0, 0.1) is 0 Å². The molecule has 7 heteroatoms. The molecule has 0 aliphatic carbocycles. The topological polar surface area (TPSA) is 84.7 Å². The van der Waals surface area contributed by atoms with Crippen LogP contribution in [0.3, 0.4) is 0 Å². The van der Waals surface area contributed by atoms with Crippen LogP contribution in [0.5, 0.6) is 0 Å². The minimum absolute atomic E-state index is 0.0217. The number of rotatable bonds is 2. The van der Waals surface area contributed by atoms with Crippen molar-refractivity contribution in [3.05, 3.63) is 46.3 Å². The summed E-state index contributed by atoms with van der Waals surface area (Å²) in [5.41, 5.74) is -0.176. The zero-order valence-corrected chi connectivity index (χ0v) is 14.7. The van der Waals surface area contributed by atoms with Crippen molar-refractivity contribution >= 4 is 26.7 Å². The van der Waals surface area contributed by atoms with Gasteiger partial charge in [-0.25, -0.2) is 13.2 Å². The first-order valence-corrected chi connectivity index (χ1v) is 10.3. The number of piperidine rings is 1. The Balaban J connectivity index is 1.69. The van der Waals surface area contributed by atoms with Crippen LogP contribution in [0.4, 0.5) is 0 Å². The van der Waals surface area contributed by atoms with Gasteiger partial charge in [0, 0.05) is 23.7 Å². The Labute approximate surface area is 145 Å². The Morgan fingerprint density at radius 3 is 2.44 bits per heavy atom. The highest BCUT2D eigenvalue weighted by molar-refractivity contribution is 7.91. The summed E-state index contributed by atoms with van der Waals surface area (Å²) in [6.07, 6.45) is 3.70. The van der Waals surface area contributed by atoms with Gasteiger partial charge >= 0.3 is 5.63 Å². The molecule has 1 amide bonds. The zero-order chi connectivity index (χ0) is 17.8. The SMILES string of the molecule is CS(=O)(=O)C1CC2CCC(C1)N2C(=O)c1cc2ccccc2oc1=O. The molecule has 2 aliphatic rings. The van der Waals surface area contributed by atoms with E-state index in [2.05, 4.69) is 0 Å². The molecule has 2 aliphatic heterocycles. The number of fused-ring (bicyclic) bond motifs is 3. The maximum Gasteiger partial charge on any atom is 0.349 e. The van der Waals surface area contributed by atoms with E-state index >= 15 is 0 Å². The molecule has 2 unspecified atom stereocenters. The van der Waals surface area contributed by atoms with Crippen LogP contribution in [0.25, 0.3) is 11.0 Å². The second-order valence-electron chi connectivity index (χ2n) is 7.01. The fourth-order valence-corrected chi connectivity index (χ4v) is 5.30. The summed E-state index contributed by atoms with van der Waals surface area (Å²) in [5.74, 6) is -0.348. The Bertz CT molecular complexity index is 996. The van der Waals surface area contributed by atoms with Gasteiger partial charge in [-0.2, -0.15) is 0 Å². The van der Waals surface area contributed by atoms with Gasteiger partial charge in [0.05, 0.1) is 5.25 Å². The average Bonchev–Trinajstić information content (AvgIpc) is 2.82. The van der Waals surface area contributed by atoms with Gasteiger partial charge in [-0.3, -0.25) is 4.79 Å². The third-order valence-electron chi connectivity index (χ3n) is 5.40. The van der Waals surface area contributed by atoms with Gasteiger partial charge in [0.25, 0.3) is 5.91 Å². The summed E-state index contributed by atoms with van der Waals surface area (Å²) in [4.78, 5) is 27.0. The molecule has 1 aromatic carbocycles. The fourth-order valence-electron chi connectivity index (χ4n) is 4.16. The smallest absolute Gasteiger partial charge is 0.349 e. The van der Waals surface area contributed by atoms with Crippen molar-refractivity contribution in [3.63, 3.8) is 0 Å². The number of benzene rings is 1. The van der Waals surface area contributed by atoms with Gasteiger partial charge in [0.2, 0.25) is 0 Å². The molecule has 0 N–H and O–H groups in total. The van der Waals surface area contributed by atoms with E-state index in [0.29, 0.717) is 23.8 Å². The molecule has 6 nitrogen and oxygen atoms in total. The predicted octanol–water partition coefficient (Wildman–Crippen LogP) is 1.97. The van der Waals surface area contributed by atoms with Crippen LogP contribution in [0.1, 0.15) is 36.0 Å². The van der Waals surface area contributed by atoms with Gasteiger partial charge in [-0.05, 0) is 37.8 Å². The zero-order valence-electron chi connectivity index (χ0n) is 13.8. The van der Waals surface area contributed by atoms with Crippen LogP contribution < -0.4 is 5.63 Å². The number of carbonyl (C=O) groups is 1. The summed E-state index contributed by atoms with van der Waals surface area (Å²) < 4.78 is 29.0. The first-order chi connectivity index (χ1) is 11.8. The first kappa shape index (κ1) is 16.3. The molecule has 3 heterocycles. The van der Waals surface area contributed by atoms with E-state index < -0.39 is 20.7 Å². The number of hydrogen-bond acceptors (Lipinski definition) is 5. The molecule has 2 bridgehead atoms. The molecule has 2 saturated heterocycles. The molecule has 0 spiro atoms. The van der Waals surface area contributed by atoms with E-state index in [4.69, 9.17) is 4.42 Å². The van der Waals surface area contributed by atoms with E-state index in [1.54, 1.807) is 29.2 Å². The van der Waals surface area contributed by atoms with Crippen LogP contribution in [0.2, 0.25) is 0 Å². The molecule has 0 saturated carbocycles. The molecule has 4 rings (SSSR count). The van der Waals surface area contributed by atoms with E-state index in [1.165, 1.54) is 6.26 Å². The lowest BCUT2D eigenvalue weighted by atomic mass is 10.0. The van der Waals surface area contributed by atoms with Crippen molar-refractivity contribution in [2.45, 2.75) is 43.0 Å². The lowest BCUT2D eigenvalue weighted by Crippen LogP contribution is -2.50. The van der Waals surface area contributed by atoms with E-state index in [9.17, 15) is 18.0 Å². The van der Waals surface area contributed by atoms with Gasteiger partial charge in [-0.15, -0.1) is 0 Å². The summed E-state index contributed by atoms with van der Waals surface area (Å²) in [5, 5.41) is 0.297. The Kier molecular flexibility index (Phi) is 3.72. The van der Waals surface area contributed by atoms with E-state index in [0.717, 1.165) is 12.8 Å². The highest BCUT2D eigenvalue weighted by Crippen LogP contribution is 2.38. The molecule has 0 radical (unpaired) electrons. The van der Waals surface area contributed by atoms with Crippen LogP contribution in [0.15, 0.2) is 39.5 Å².